The molecular formula is C24H22N6O4S. The number of aromatic amines is 1. The second-order valence-electron chi connectivity index (χ2n) is 7.58. The van der Waals surface area contributed by atoms with Gasteiger partial charge in [-0.1, -0.05) is 48.1 Å². The lowest BCUT2D eigenvalue weighted by Crippen LogP contribution is -2.13. The highest BCUT2D eigenvalue weighted by molar-refractivity contribution is 7.98. The first-order valence-corrected chi connectivity index (χ1v) is 11.8. The fourth-order valence-electron chi connectivity index (χ4n) is 3.57. The Morgan fingerprint density at radius 2 is 1.91 bits per heavy atom. The Morgan fingerprint density at radius 3 is 2.66 bits per heavy atom. The number of nitrogens with one attached hydrogen (secondary N) is 1. The van der Waals surface area contributed by atoms with Gasteiger partial charge in [-0.25, -0.2) is 9.61 Å². The minimum absolute atomic E-state index is 0.315. The van der Waals surface area contributed by atoms with Gasteiger partial charge in [0.2, 0.25) is 16.9 Å². The second-order valence-corrected chi connectivity index (χ2v) is 8.52. The zero-order chi connectivity index (χ0) is 24.4. The molecule has 2 aromatic carbocycles. The number of thioether (sulfide) groups is 1. The lowest BCUT2D eigenvalue weighted by Gasteiger charge is -2.07. The van der Waals surface area contributed by atoms with Crippen LogP contribution in [0.25, 0.3) is 28.2 Å². The van der Waals surface area contributed by atoms with E-state index in [2.05, 4.69) is 44.5 Å². The number of fused-ring (bicyclic) bond motifs is 1. The average molecular weight is 491 g/mol. The molecule has 0 radical (unpaired) electrons. The van der Waals surface area contributed by atoms with E-state index in [0.29, 0.717) is 50.9 Å². The van der Waals surface area contributed by atoms with Crippen LogP contribution in [0.3, 0.4) is 0 Å². The third kappa shape index (κ3) is 4.50. The molecule has 0 atom stereocenters. The van der Waals surface area contributed by atoms with Gasteiger partial charge in [-0.05, 0) is 30.2 Å². The minimum Gasteiger partial charge on any atom is -0.497 e. The normalized spacial score (nSPS) is 11.2. The second kappa shape index (κ2) is 9.63. The quantitative estimate of drug-likeness (QED) is 0.322. The maximum absolute atomic E-state index is 12.4. The minimum atomic E-state index is -0.315. The van der Waals surface area contributed by atoms with E-state index in [0.717, 1.165) is 12.0 Å². The Labute approximate surface area is 204 Å². The van der Waals surface area contributed by atoms with Crippen molar-refractivity contribution in [2.45, 2.75) is 24.3 Å². The number of hydrogen-bond donors (Lipinski definition) is 1. The summed E-state index contributed by atoms with van der Waals surface area (Å²) in [5, 5.41) is 15.9. The van der Waals surface area contributed by atoms with Crippen LogP contribution in [0.5, 0.6) is 11.5 Å². The van der Waals surface area contributed by atoms with Gasteiger partial charge in [0.15, 0.2) is 0 Å². The molecule has 11 heteroatoms. The molecular weight excluding hydrogens is 468 g/mol. The van der Waals surface area contributed by atoms with E-state index in [1.165, 1.54) is 21.8 Å². The van der Waals surface area contributed by atoms with E-state index in [1.807, 2.05) is 18.2 Å². The molecule has 35 heavy (non-hydrogen) atoms. The van der Waals surface area contributed by atoms with Crippen molar-refractivity contribution < 1.29 is 14.0 Å². The fraction of sp³-hybridized carbons (Fsp3) is 0.208. The Hall–Kier alpha value is -4.12. The monoisotopic (exact) mass is 490 g/mol. The molecule has 0 aliphatic carbocycles. The molecule has 0 fully saturated rings. The number of ether oxygens (including phenoxy) is 2. The molecule has 3 heterocycles. The van der Waals surface area contributed by atoms with E-state index >= 15 is 0 Å². The summed E-state index contributed by atoms with van der Waals surface area (Å²) in [7, 11) is 3.16. The number of hydrogen-bond acceptors (Lipinski definition) is 9. The molecule has 1 N–H and O–H groups in total. The largest absolute Gasteiger partial charge is 0.497 e. The molecule has 0 bridgehead atoms. The molecule has 5 rings (SSSR count). The fourth-order valence-corrected chi connectivity index (χ4v) is 4.31. The van der Waals surface area contributed by atoms with E-state index < -0.39 is 0 Å². The predicted molar refractivity (Wildman–Crippen MR) is 131 cm³/mol. The smallest absolute Gasteiger partial charge is 0.290 e. The number of benzene rings is 2. The number of H-pyrrole nitrogens is 1. The van der Waals surface area contributed by atoms with Gasteiger partial charge in [-0.2, -0.15) is 10.1 Å². The van der Waals surface area contributed by atoms with Crippen LogP contribution in [0.4, 0.5) is 0 Å². The number of aromatic nitrogens is 6. The van der Waals surface area contributed by atoms with Gasteiger partial charge in [0, 0.05) is 11.6 Å². The van der Waals surface area contributed by atoms with Gasteiger partial charge in [0.25, 0.3) is 5.56 Å². The highest BCUT2D eigenvalue weighted by Gasteiger charge is 2.17. The van der Waals surface area contributed by atoms with Gasteiger partial charge in [0.05, 0.1) is 31.2 Å². The van der Waals surface area contributed by atoms with E-state index in [1.54, 1.807) is 32.4 Å². The van der Waals surface area contributed by atoms with Crippen LogP contribution < -0.4 is 15.0 Å². The average Bonchev–Trinajstić information content (AvgIpc) is 3.56. The van der Waals surface area contributed by atoms with E-state index in [-0.39, 0.29) is 5.56 Å². The van der Waals surface area contributed by atoms with Crippen molar-refractivity contribution in [3.63, 3.8) is 0 Å². The Kier molecular flexibility index (Phi) is 6.23. The SMILES string of the molecule is CCc1ccc(-c2cc3c(=O)[nH]nc(SCc4nc(-c5ccc(OC)cc5OC)no4)n3n2)cc1. The molecule has 0 aliphatic heterocycles. The topological polar surface area (TPSA) is 120 Å². The van der Waals surface area contributed by atoms with Gasteiger partial charge in [-0.3, -0.25) is 4.79 Å². The molecule has 5 aromatic rings. The summed E-state index contributed by atoms with van der Waals surface area (Å²) in [6.45, 7) is 2.11. The van der Waals surface area contributed by atoms with Crippen molar-refractivity contribution in [3.8, 4) is 34.1 Å². The predicted octanol–water partition coefficient (Wildman–Crippen LogP) is 4.01. The van der Waals surface area contributed by atoms with Crippen molar-refractivity contribution in [1.29, 1.82) is 0 Å². The highest BCUT2D eigenvalue weighted by atomic mass is 32.2. The summed E-state index contributed by atoms with van der Waals surface area (Å²) in [4.78, 5) is 16.8. The van der Waals surface area contributed by atoms with Crippen LogP contribution in [0.1, 0.15) is 18.4 Å². The molecule has 0 aliphatic rings. The summed E-state index contributed by atoms with van der Waals surface area (Å²) in [5.41, 5.74) is 3.63. The Morgan fingerprint density at radius 1 is 1.09 bits per heavy atom. The number of methoxy groups -OCH3 is 2. The van der Waals surface area contributed by atoms with Gasteiger partial charge in [0.1, 0.15) is 17.0 Å². The van der Waals surface area contributed by atoms with Gasteiger partial charge in [-0.15, -0.1) is 5.10 Å². The molecule has 178 valence electrons. The van der Waals surface area contributed by atoms with Crippen molar-refractivity contribution in [2.75, 3.05) is 14.2 Å². The van der Waals surface area contributed by atoms with Crippen LogP contribution in [-0.4, -0.2) is 44.2 Å². The number of nitrogens with zero attached hydrogens (tertiary/aromatic N) is 5. The van der Waals surface area contributed by atoms with E-state index in [9.17, 15) is 4.79 Å². The highest BCUT2D eigenvalue weighted by Crippen LogP contribution is 2.32. The first-order chi connectivity index (χ1) is 17.1. The van der Waals surface area contributed by atoms with E-state index in [4.69, 9.17) is 14.0 Å². The summed E-state index contributed by atoms with van der Waals surface area (Å²) >= 11 is 1.32. The lowest BCUT2D eigenvalue weighted by molar-refractivity contribution is 0.388. The van der Waals surface area contributed by atoms with Crippen LogP contribution in [0.15, 0.2) is 63.0 Å². The molecule has 0 unspecified atom stereocenters. The molecule has 0 saturated carbocycles. The first-order valence-electron chi connectivity index (χ1n) is 10.8. The Balaban J connectivity index is 1.39. The summed E-state index contributed by atoms with van der Waals surface area (Å²) < 4.78 is 17.6. The maximum Gasteiger partial charge on any atom is 0.290 e. The zero-order valence-electron chi connectivity index (χ0n) is 19.3. The molecule has 10 nitrogen and oxygen atoms in total. The molecule has 0 spiro atoms. The maximum atomic E-state index is 12.4. The number of aryl methyl sites for hydroxylation is 1. The molecule has 0 amide bonds. The summed E-state index contributed by atoms with van der Waals surface area (Å²) in [6.07, 6.45) is 0.957. The van der Waals surface area contributed by atoms with Gasteiger partial charge < -0.3 is 14.0 Å². The standard InChI is InChI=1S/C24H22N6O4S/c1-4-14-5-7-15(8-6-14)18-12-19-23(31)26-27-24(30(19)28-18)35-13-21-25-22(29-34-21)17-10-9-16(32-2)11-20(17)33-3/h5-12H,4,13H2,1-3H3,(H,26,31). The van der Waals surface area contributed by atoms with Crippen LogP contribution in [0, 0.1) is 0 Å². The van der Waals surface area contributed by atoms with Crippen molar-refractivity contribution in [3.05, 3.63) is 70.3 Å². The first kappa shape index (κ1) is 22.7. The van der Waals surface area contributed by atoms with Crippen LogP contribution >= 0.6 is 11.8 Å². The van der Waals surface area contributed by atoms with Gasteiger partial charge >= 0.3 is 0 Å². The zero-order valence-corrected chi connectivity index (χ0v) is 20.1. The molecule has 3 aromatic heterocycles. The summed E-state index contributed by atoms with van der Waals surface area (Å²) in [5.74, 6) is 2.37. The number of rotatable bonds is 8. The van der Waals surface area contributed by atoms with Crippen molar-refractivity contribution in [1.82, 2.24) is 30.0 Å². The molecule has 0 saturated heterocycles. The Bertz CT molecular complexity index is 1540. The summed E-state index contributed by atoms with van der Waals surface area (Å²) in [6, 6.07) is 15.2. The lowest BCUT2D eigenvalue weighted by atomic mass is 10.1. The third-order valence-corrected chi connectivity index (χ3v) is 6.39. The third-order valence-electron chi connectivity index (χ3n) is 5.48. The van der Waals surface area contributed by atoms with Crippen LogP contribution in [0.2, 0.25) is 0 Å². The van der Waals surface area contributed by atoms with Crippen LogP contribution in [-0.2, 0) is 12.2 Å². The van der Waals surface area contributed by atoms with Crippen molar-refractivity contribution in [2.24, 2.45) is 0 Å². The van der Waals surface area contributed by atoms with Crippen molar-refractivity contribution >= 4 is 17.3 Å².